The topological polar surface area (TPSA) is 0 Å². The molecular formula is C18H14. The molecule has 4 aromatic carbocycles. The molecule has 0 N–H and O–H groups in total. The molecule has 0 bridgehead atoms. The smallest absolute Gasteiger partial charge is 0.0334 e. The van der Waals surface area contributed by atoms with Crippen molar-refractivity contribution in [3.63, 3.8) is 0 Å². The first-order valence-electron chi connectivity index (χ1n) is 6.40. The molecule has 0 aliphatic heterocycles. The molecule has 0 radical (unpaired) electrons. The van der Waals surface area contributed by atoms with E-state index >= 15 is 0 Å². The van der Waals surface area contributed by atoms with E-state index in [0.29, 0.717) is 0 Å². The number of rotatable bonds is 0. The van der Waals surface area contributed by atoms with Crippen molar-refractivity contribution in [1.82, 2.24) is 0 Å². The maximum atomic E-state index is 3.24. The van der Waals surface area contributed by atoms with Crippen LogP contribution in [0.2, 0.25) is 0 Å². The highest BCUT2D eigenvalue weighted by Gasteiger charge is 2.05. The molecule has 0 saturated heterocycles. The minimum absolute atomic E-state index is 1.15. The molecule has 0 unspecified atom stereocenters. The highest BCUT2D eigenvalue weighted by molar-refractivity contribution is 6.21. The third-order valence-corrected chi connectivity index (χ3v) is 3.22. The Labute approximate surface area is 107 Å². The molecule has 0 saturated carbocycles. The second-order valence-electron chi connectivity index (χ2n) is 4.12. The van der Waals surface area contributed by atoms with E-state index in [1.54, 1.807) is 0 Å². The van der Waals surface area contributed by atoms with Crippen molar-refractivity contribution in [3.05, 3.63) is 60.7 Å². The zero-order valence-corrected chi connectivity index (χ0v) is 10.6. The van der Waals surface area contributed by atoms with Gasteiger partial charge in [0.2, 0.25) is 0 Å². The normalized spacial score (nSPS) is 10.3. The van der Waals surface area contributed by atoms with Crippen molar-refractivity contribution >= 4 is 32.3 Å². The van der Waals surface area contributed by atoms with Crippen LogP contribution in [0, 0.1) is 12.1 Å². The number of hydrogen-bond acceptors (Lipinski definition) is 0. The van der Waals surface area contributed by atoms with Crippen LogP contribution in [-0.4, -0.2) is 0 Å². The quantitative estimate of drug-likeness (QED) is 0.364. The lowest BCUT2D eigenvalue weighted by Crippen LogP contribution is -1.80. The van der Waals surface area contributed by atoms with Crippen LogP contribution in [0.3, 0.4) is 0 Å². The van der Waals surface area contributed by atoms with E-state index < -0.39 is 0 Å². The van der Waals surface area contributed by atoms with Crippen LogP contribution in [-0.2, 0) is 0 Å². The Balaban J connectivity index is 0.000000478. The van der Waals surface area contributed by atoms with Crippen molar-refractivity contribution in [2.45, 2.75) is 13.8 Å². The summed E-state index contributed by atoms with van der Waals surface area (Å²) < 4.78 is 0. The van der Waals surface area contributed by atoms with Crippen molar-refractivity contribution < 1.29 is 0 Å². The van der Waals surface area contributed by atoms with Crippen LogP contribution >= 0.6 is 0 Å². The molecule has 0 atom stereocenters. The van der Waals surface area contributed by atoms with Gasteiger partial charge >= 0.3 is 0 Å². The fourth-order valence-corrected chi connectivity index (χ4v) is 2.50. The van der Waals surface area contributed by atoms with Gasteiger partial charge < -0.3 is 0 Å². The fourth-order valence-electron chi connectivity index (χ4n) is 2.50. The van der Waals surface area contributed by atoms with E-state index in [0.717, 1.165) is 10.8 Å². The summed E-state index contributed by atoms with van der Waals surface area (Å²) in [6.45, 7) is 4.00. The summed E-state index contributed by atoms with van der Waals surface area (Å²) in [4.78, 5) is 0. The predicted octanol–water partition coefficient (Wildman–Crippen LogP) is 5.21. The standard InChI is InChI=1S/C16H8.C2H6/c1-3-11-7-9-13-5-2-6-14-10-8-12(4-1)15(11)16(13)14;1-2/h1-7,9H;1-2H3. The molecule has 0 amide bonds. The van der Waals surface area contributed by atoms with Gasteiger partial charge in [0.15, 0.2) is 0 Å². The van der Waals surface area contributed by atoms with E-state index in [-0.39, 0.29) is 0 Å². The monoisotopic (exact) mass is 230 g/mol. The number of benzene rings is 3. The van der Waals surface area contributed by atoms with Gasteiger partial charge in [-0.15, -0.1) is 0 Å². The molecule has 0 spiro atoms. The summed E-state index contributed by atoms with van der Waals surface area (Å²) in [5.41, 5.74) is 0. The molecule has 86 valence electrons. The van der Waals surface area contributed by atoms with Crippen LogP contribution in [0.25, 0.3) is 32.3 Å². The van der Waals surface area contributed by atoms with Crippen LogP contribution in [0.15, 0.2) is 48.5 Å². The van der Waals surface area contributed by atoms with Gasteiger partial charge in [0, 0.05) is 21.5 Å². The van der Waals surface area contributed by atoms with E-state index in [4.69, 9.17) is 0 Å². The largest absolute Gasteiger partial charge is 0.0683 e. The zero-order chi connectivity index (χ0) is 12.5. The van der Waals surface area contributed by atoms with Gasteiger partial charge in [-0.1, -0.05) is 62.4 Å². The molecule has 0 heterocycles. The van der Waals surface area contributed by atoms with Crippen LogP contribution < -0.4 is 0 Å². The van der Waals surface area contributed by atoms with Crippen molar-refractivity contribution in [2.75, 3.05) is 0 Å². The van der Waals surface area contributed by atoms with Gasteiger partial charge in [-0.05, 0) is 22.9 Å². The Morgan fingerprint density at radius 3 is 1.50 bits per heavy atom. The minimum Gasteiger partial charge on any atom is -0.0683 e. The predicted molar refractivity (Wildman–Crippen MR) is 79.2 cm³/mol. The van der Waals surface area contributed by atoms with Gasteiger partial charge in [0.1, 0.15) is 0 Å². The lowest BCUT2D eigenvalue weighted by atomic mass is 9.96. The second kappa shape index (κ2) is 4.20. The summed E-state index contributed by atoms with van der Waals surface area (Å²) in [7, 11) is 0. The lowest BCUT2D eigenvalue weighted by molar-refractivity contribution is 1.50. The maximum Gasteiger partial charge on any atom is 0.0334 e. The Kier molecular flexibility index (Phi) is 2.54. The summed E-state index contributed by atoms with van der Waals surface area (Å²) in [6, 6.07) is 23.5. The first kappa shape index (κ1) is 10.9. The van der Waals surface area contributed by atoms with Crippen LogP contribution in [0.4, 0.5) is 0 Å². The highest BCUT2D eigenvalue weighted by Crippen LogP contribution is 2.32. The molecule has 0 aliphatic rings. The van der Waals surface area contributed by atoms with E-state index in [2.05, 4.69) is 60.7 Å². The first-order chi connectivity index (χ1) is 8.93. The Hall–Kier alpha value is -2.26. The molecule has 0 aromatic heterocycles. The van der Waals surface area contributed by atoms with Gasteiger partial charge in [-0.25, -0.2) is 0 Å². The Bertz CT molecular complexity index is 667. The molecule has 4 rings (SSSR count). The molecular weight excluding hydrogens is 216 g/mol. The van der Waals surface area contributed by atoms with E-state index in [1.165, 1.54) is 21.5 Å². The number of hydrogen-bond donors (Lipinski definition) is 0. The molecule has 0 heteroatoms. The van der Waals surface area contributed by atoms with Crippen LogP contribution in [0.1, 0.15) is 13.8 Å². The van der Waals surface area contributed by atoms with Gasteiger partial charge in [-0.3, -0.25) is 0 Å². The highest BCUT2D eigenvalue weighted by atomic mass is 14.1. The maximum absolute atomic E-state index is 3.24. The average molecular weight is 230 g/mol. The minimum atomic E-state index is 1.15. The molecule has 0 nitrogen and oxygen atoms in total. The molecule has 0 aliphatic carbocycles. The zero-order valence-electron chi connectivity index (χ0n) is 10.6. The third-order valence-electron chi connectivity index (χ3n) is 3.22. The Morgan fingerprint density at radius 1 is 0.611 bits per heavy atom. The van der Waals surface area contributed by atoms with Gasteiger partial charge in [0.25, 0.3) is 0 Å². The first-order valence-corrected chi connectivity index (χ1v) is 6.40. The SMILES string of the molecule is CC.c1c2cccc3ccc4cccc(c#1)c4c23. The Morgan fingerprint density at radius 2 is 1.06 bits per heavy atom. The summed E-state index contributed by atoms with van der Waals surface area (Å²) in [5, 5.41) is 7.50. The van der Waals surface area contributed by atoms with Gasteiger partial charge in [-0.2, -0.15) is 0 Å². The molecule has 0 fully saturated rings. The average Bonchev–Trinajstić information content (AvgIpc) is 2.47. The van der Waals surface area contributed by atoms with Crippen molar-refractivity contribution in [2.24, 2.45) is 0 Å². The lowest BCUT2D eigenvalue weighted by Gasteiger charge is -2.06. The van der Waals surface area contributed by atoms with E-state index in [9.17, 15) is 0 Å². The molecule has 18 heavy (non-hydrogen) atoms. The van der Waals surface area contributed by atoms with Crippen LogP contribution in [0.5, 0.6) is 0 Å². The van der Waals surface area contributed by atoms with Crippen molar-refractivity contribution in [1.29, 1.82) is 0 Å². The second-order valence-corrected chi connectivity index (χ2v) is 4.12. The summed E-state index contributed by atoms with van der Waals surface area (Å²) >= 11 is 0. The summed E-state index contributed by atoms with van der Waals surface area (Å²) in [6.07, 6.45) is 0. The van der Waals surface area contributed by atoms with E-state index in [1.807, 2.05) is 13.8 Å². The third kappa shape index (κ3) is 1.41. The van der Waals surface area contributed by atoms with Crippen molar-refractivity contribution in [3.8, 4) is 0 Å². The fraction of sp³-hybridized carbons (Fsp3) is 0.111. The van der Waals surface area contributed by atoms with Gasteiger partial charge in [0.05, 0.1) is 0 Å². The summed E-state index contributed by atoms with van der Waals surface area (Å²) in [5.74, 6) is 0. The molecule has 4 aromatic rings.